The molecule has 0 aliphatic rings. The van der Waals surface area contributed by atoms with Crippen molar-refractivity contribution in [1.29, 1.82) is 0 Å². The molecule has 0 fully saturated rings. The highest BCUT2D eigenvalue weighted by molar-refractivity contribution is 5.95. The molecular weight excluding hydrogens is 328 g/mol. The molecule has 0 aliphatic heterocycles. The van der Waals surface area contributed by atoms with Gasteiger partial charge in [0.2, 0.25) is 11.8 Å². The fourth-order valence-electron chi connectivity index (χ4n) is 2.53. The van der Waals surface area contributed by atoms with Gasteiger partial charge in [0.05, 0.1) is 19.6 Å². The van der Waals surface area contributed by atoms with Gasteiger partial charge in [-0.25, -0.2) is 0 Å². The first-order chi connectivity index (χ1) is 12.5. The molecule has 2 N–H and O–H groups in total. The van der Waals surface area contributed by atoms with E-state index in [0.717, 1.165) is 34.5 Å². The summed E-state index contributed by atoms with van der Waals surface area (Å²) < 4.78 is 5.66. The van der Waals surface area contributed by atoms with Crippen LogP contribution in [-0.2, 0) is 16.0 Å². The largest absolute Gasteiger partial charge is 0.493 e. The molecule has 2 aromatic carbocycles. The van der Waals surface area contributed by atoms with E-state index >= 15 is 0 Å². The third-order valence-electron chi connectivity index (χ3n) is 4.05. The number of hydrogen-bond acceptors (Lipinski definition) is 3. The summed E-state index contributed by atoms with van der Waals surface area (Å²) in [6, 6.07) is 13.6. The fourth-order valence-corrected chi connectivity index (χ4v) is 2.53. The van der Waals surface area contributed by atoms with E-state index in [-0.39, 0.29) is 31.4 Å². The lowest BCUT2D eigenvalue weighted by Crippen LogP contribution is -2.33. The van der Waals surface area contributed by atoms with Gasteiger partial charge in [0.15, 0.2) is 0 Å². The van der Waals surface area contributed by atoms with Crippen LogP contribution in [0.2, 0.25) is 0 Å². The number of benzene rings is 2. The van der Waals surface area contributed by atoms with Crippen molar-refractivity contribution in [2.75, 3.05) is 18.5 Å². The van der Waals surface area contributed by atoms with E-state index in [1.54, 1.807) is 0 Å². The topological polar surface area (TPSA) is 67.4 Å². The van der Waals surface area contributed by atoms with Gasteiger partial charge >= 0.3 is 0 Å². The average Bonchev–Trinajstić information content (AvgIpc) is 2.63. The van der Waals surface area contributed by atoms with Crippen LogP contribution in [0, 0.1) is 13.8 Å². The van der Waals surface area contributed by atoms with Crippen LogP contribution in [-0.4, -0.2) is 25.0 Å². The van der Waals surface area contributed by atoms with E-state index in [1.807, 2.05) is 63.2 Å². The molecule has 0 radical (unpaired) electrons. The minimum absolute atomic E-state index is 0.0552. The molecule has 0 unspecified atom stereocenters. The van der Waals surface area contributed by atoms with E-state index in [2.05, 4.69) is 10.6 Å². The zero-order chi connectivity index (χ0) is 18.9. The average molecular weight is 354 g/mol. The molecule has 138 valence electrons. The molecule has 0 heterocycles. The third kappa shape index (κ3) is 5.92. The number of hydrogen-bond donors (Lipinski definition) is 2. The summed E-state index contributed by atoms with van der Waals surface area (Å²) in [6.45, 7) is 6.21. The highest BCUT2D eigenvalue weighted by Gasteiger charge is 2.08. The molecule has 0 saturated carbocycles. The van der Waals surface area contributed by atoms with E-state index in [4.69, 9.17) is 4.74 Å². The third-order valence-corrected chi connectivity index (χ3v) is 4.05. The van der Waals surface area contributed by atoms with Gasteiger partial charge in [0.1, 0.15) is 5.75 Å². The fraction of sp³-hybridized carbons (Fsp3) is 0.333. The summed E-state index contributed by atoms with van der Waals surface area (Å²) in [4.78, 5) is 23.9. The Morgan fingerprint density at radius 2 is 1.81 bits per heavy atom. The number of amides is 2. The van der Waals surface area contributed by atoms with Crippen molar-refractivity contribution in [3.8, 4) is 5.75 Å². The lowest BCUT2D eigenvalue weighted by molar-refractivity contribution is -0.124. The first kappa shape index (κ1) is 19.5. The standard InChI is InChI=1S/C21H26N2O3/c1-4-17-7-5-6-8-18(17)23-21(25)14-22-20(24)11-12-26-19-13-15(2)9-10-16(19)3/h5-10,13H,4,11-12,14H2,1-3H3,(H,22,24)(H,23,25). The molecular formula is C21H26N2O3. The summed E-state index contributed by atoms with van der Waals surface area (Å²) in [7, 11) is 0. The Hall–Kier alpha value is -2.82. The highest BCUT2D eigenvalue weighted by atomic mass is 16.5. The SMILES string of the molecule is CCc1ccccc1NC(=O)CNC(=O)CCOc1cc(C)ccc1C. The van der Waals surface area contributed by atoms with Gasteiger partial charge in [-0.3, -0.25) is 9.59 Å². The Labute approximate surface area is 154 Å². The van der Waals surface area contributed by atoms with Crippen LogP contribution in [0.5, 0.6) is 5.75 Å². The second kappa shape index (κ2) is 9.61. The van der Waals surface area contributed by atoms with E-state index < -0.39 is 0 Å². The van der Waals surface area contributed by atoms with Crippen molar-refractivity contribution in [2.24, 2.45) is 0 Å². The normalized spacial score (nSPS) is 10.3. The number of carbonyl (C=O) groups excluding carboxylic acids is 2. The van der Waals surface area contributed by atoms with Crippen LogP contribution < -0.4 is 15.4 Å². The molecule has 2 rings (SSSR count). The minimum atomic E-state index is -0.241. The maximum Gasteiger partial charge on any atom is 0.243 e. The molecule has 5 nitrogen and oxygen atoms in total. The molecule has 0 aliphatic carbocycles. The Kier molecular flexibility index (Phi) is 7.21. The second-order valence-electron chi connectivity index (χ2n) is 6.20. The summed E-state index contributed by atoms with van der Waals surface area (Å²) in [5, 5.41) is 5.45. The summed E-state index contributed by atoms with van der Waals surface area (Å²) in [6.07, 6.45) is 1.03. The Balaban J connectivity index is 1.73. The van der Waals surface area contributed by atoms with Crippen LogP contribution in [0.15, 0.2) is 42.5 Å². The predicted octanol–water partition coefficient (Wildman–Crippen LogP) is 3.39. The quantitative estimate of drug-likeness (QED) is 0.763. The van der Waals surface area contributed by atoms with Crippen LogP contribution in [0.1, 0.15) is 30.0 Å². The van der Waals surface area contributed by atoms with Crippen molar-refractivity contribution in [2.45, 2.75) is 33.6 Å². The Morgan fingerprint density at radius 3 is 2.58 bits per heavy atom. The van der Waals surface area contributed by atoms with Crippen LogP contribution >= 0.6 is 0 Å². The summed E-state index contributed by atoms with van der Waals surface area (Å²) in [5.41, 5.74) is 3.99. The first-order valence-corrected chi connectivity index (χ1v) is 8.84. The molecule has 2 aromatic rings. The van der Waals surface area contributed by atoms with Gasteiger partial charge in [0, 0.05) is 5.69 Å². The van der Waals surface area contributed by atoms with E-state index in [1.165, 1.54) is 0 Å². The van der Waals surface area contributed by atoms with E-state index in [0.29, 0.717) is 0 Å². The zero-order valence-corrected chi connectivity index (χ0v) is 15.6. The van der Waals surface area contributed by atoms with Crippen molar-refractivity contribution < 1.29 is 14.3 Å². The Morgan fingerprint density at radius 1 is 1.04 bits per heavy atom. The lowest BCUT2D eigenvalue weighted by atomic mass is 10.1. The van der Waals surface area contributed by atoms with Crippen molar-refractivity contribution >= 4 is 17.5 Å². The van der Waals surface area contributed by atoms with Gasteiger partial charge < -0.3 is 15.4 Å². The summed E-state index contributed by atoms with van der Waals surface area (Å²) in [5.74, 6) is 0.329. The van der Waals surface area contributed by atoms with Crippen LogP contribution in [0.3, 0.4) is 0 Å². The molecule has 0 atom stereocenters. The number of nitrogens with one attached hydrogen (secondary N) is 2. The number of rotatable bonds is 8. The maximum absolute atomic E-state index is 12.0. The first-order valence-electron chi connectivity index (χ1n) is 8.84. The molecule has 0 spiro atoms. The van der Waals surface area contributed by atoms with Gasteiger partial charge in [-0.1, -0.05) is 37.3 Å². The molecule has 5 heteroatoms. The number of anilines is 1. The number of aryl methyl sites for hydroxylation is 3. The molecule has 2 amide bonds. The number of ether oxygens (including phenoxy) is 1. The van der Waals surface area contributed by atoms with Gasteiger partial charge in [-0.2, -0.15) is 0 Å². The number of carbonyl (C=O) groups is 2. The van der Waals surface area contributed by atoms with Gasteiger partial charge in [0.25, 0.3) is 0 Å². The predicted molar refractivity (Wildman–Crippen MR) is 103 cm³/mol. The second-order valence-corrected chi connectivity index (χ2v) is 6.20. The smallest absolute Gasteiger partial charge is 0.243 e. The van der Waals surface area contributed by atoms with Crippen molar-refractivity contribution in [1.82, 2.24) is 5.32 Å². The van der Waals surface area contributed by atoms with Crippen LogP contribution in [0.25, 0.3) is 0 Å². The van der Waals surface area contributed by atoms with Gasteiger partial charge in [-0.15, -0.1) is 0 Å². The van der Waals surface area contributed by atoms with Crippen molar-refractivity contribution in [3.63, 3.8) is 0 Å². The molecule has 0 saturated heterocycles. The number of para-hydroxylation sites is 1. The van der Waals surface area contributed by atoms with Crippen LogP contribution in [0.4, 0.5) is 5.69 Å². The Bertz CT molecular complexity index is 772. The minimum Gasteiger partial charge on any atom is -0.493 e. The molecule has 0 bridgehead atoms. The van der Waals surface area contributed by atoms with Crippen molar-refractivity contribution in [3.05, 3.63) is 59.2 Å². The van der Waals surface area contributed by atoms with Gasteiger partial charge in [-0.05, 0) is 49.1 Å². The monoisotopic (exact) mass is 354 g/mol. The highest BCUT2D eigenvalue weighted by Crippen LogP contribution is 2.19. The lowest BCUT2D eigenvalue weighted by Gasteiger charge is -2.11. The summed E-state index contributed by atoms with van der Waals surface area (Å²) >= 11 is 0. The zero-order valence-electron chi connectivity index (χ0n) is 15.6. The molecule has 0 aromatic heterocycles. The van der Waals surface area contributed by atoms with E-state index in [9.17, 15) is 9.59 Å². The molecule has 26 heavy (non-hydrogen) atoms. The maximum atomic E-state index is 12.0.